The van der Waals surface area contributed by atoms with Gasteiger partial charge in [0.2, 0.25) is 0 Å². The zero-order valence-corrected chi connectivity index (χ0v) is 16.0. The van der Waals surface area contributed by atoms with Gasteiger partial charge in [-0.3, -0.25) is 0 Å². The minimum atomic E-state index is -0.836. The van der Waals surface area contributed by atoms with Gasteiger partial charge in [-0.05, 0) is 42.8 Å². The van der Waals surface area contributed by atoms with Gasteiger partial charge in [-0.1, -0.05) is 24.3 Å². The molecular formula is C23H18F4N2O. The van der Waals surface area contributed by atoms with Gasteiger partial charge in [0.05, 0.1) is 29.2 Å². The molecule has 0 aliphatic carbocycles. The van der Waals surface area contributed by atoms with Gasteiger partial charge < -0.3 is 9.67 Å². The van der Waals surface area contributed by atoms with E-state index < -0.39 is 29.4 Å². The summed E-state index contributed by atoms with van der Waals surface area (Å²) < 4.78 is 59.2. The Hall–Kier alpha value is -3.19. The molecular weight excluding hydrogens is 396 g/mol. The number of nitrogens with zero attached hydrogens (tertiary/aromatic N) is 2. The van der Waals surface area contributed by atoms with E-state index in [-0.39, 0.29) is 29.9 Å². The number of imidazole rings is 1. The molecule has 4 aromatic rings. The molecule has 30 heavy (non-hydrogen) atoms. The van der Waals surface area contributed by atoms with Crippen LogP contribution in [0.5, 0.6) is 0 Å². The Morgan fingerprint density at radius 3 is 2.03 bits per heavy atom. The van der Waals surface area contributed by atoms with E-state index in [0.29, 0.717) is 16.6 Å². The number of aliphatic hydroxyl groups is 1. The molecule has 0 amide bonds. The highest BCUT2D eigenvalue weighted by molar-refractivity contribution is 5.84. The SMILES string of the molecule is CC(O)Cc1cccc2c1nc(-c1c(F)cccc1F)n2Cc1c(F)cccc1F. The molecule has 0 fully saturated rings. The van der Waals surface area contributed by atoms with Crippen molar-refractivity contribution in [3.63, 3.8) is 0 Å². The predicted molar refractivity (Wildman–Crippen MR) is 106 cm³/mol. The fourth-order valence-corrected chi connectivity index (χ4v) is 3.59. The van der Waals surface area contributed by atoms with Crippen molar-refractivity contribution in [2.45, 2.75) is 26.0 Å². The van der Waals surface area contributed by atoms with Gasteiger partial charge in [-0.25, -0.2) is 22.5 Å². The number of hydrogen-bond donors (Lipinski definition) is 1. The molecule has 0 spiro atoms. The quantitative estimate of drug-likeness (QED) is 0.454. The van der Waals surface area contributed by atoms with Crippen LogP contribution in [0.4, 0.5) is 17.6 Å². The van der Waals surface area contributed by atoms with Crippen LogP contribution in [0.3, 0.4) is 0 Å². The molecule has 1 heterocycles. The van der Waals surface area contributed by atoms with Crippen LogP contribution in [-0.4, -0.2) is 20.8 Å². The molecule has 7 heteroatoms. The summed E-state index contributed by atoms with van der Waals surface area (Å²) in [6, 6.07) is 12.0. The second kappa shape index (κ2) is 7.91. The van der Waals surface area contributed by atoms with Crippen LogP contribution in [-0.2, 0) is 13.0 Å². The van der Waals surface area contributed by atoms with Crippen LogP contribution in [0.1, 0.15) is 18.1 Å². The van der Waals surface area contributed by atoms with Gasteiger partial charge >= 0.3 is 0 Å². The molecule has 3 nitrogen and oxygen atoms in total. The van der Waals surface area contributed by atoms with Crippen molar-refractivity contribution in [3.8, 4) is 11.4 Å². The number of para-hydroxylation sites is 1. The van der Waals surface area contributed by atoms with Gasteiger partial charge in [-0.15, -0.1) is 0 Å². The molecule has 0 saturated carbocycles. The standard InChI is InChI=1S/C23H18F4N2O/c1-13(30)11-14-5-2-10-20-22(14)28-23(21-18(26)8-4-9-19(21)27)29(20)12-15-16(24)6-3-7-17(15)25/h2-10,13,30H,11-12H2,1H3. The zero-order chi connectivity index (χ0) is 21.4. The van der Waals surface area contributed by atoms with Gasteiger partial charge in [0.25, 0.3) is 0 Å². The van der Waals surface area contributed by atoms with E-state index in [2.05, 4.69) is 4.98 Å². The minimum absolute atomic E-state index is 0.0821. The largest absolute Gasteiger partial charge is 0.393 e. The second-order valence-corrected chi connectivity index (χ2v) is 7.16. The van der Waals surface area contributed by atoms with Gasteiger partial charge in [-0.2, -0.15) is 0 Å². The van der Waals surface area contributed by atoms with Crippen molar-refractivity contribution < 1.29 is 22.7 Å². The first kappa shape index (κ1) is 20.1. The molecule has 154 valence electrons. The van der Waals surface area contributed by atoms with E-state index in [1.807, 2.05) is 0 Å². The van der Waals surface area contributed by atoms with Crippen LogP contribution >= 0.6 is 0 Å². The highest BCUT2D eigenvalue weighted by Crippen LogP contribution is 2.32. The van der Waals surface area contributed by atoms with Crippen molar-refractivity contribution in [1.29, 1.82) is 0 Å². The van der Waals surface area contributed by atoms with Crippen molar-refractivity contribution in [2.24, 2.45) is 0 Å². The molecule has 1 N–H and O–H groups in total. The number of hydrogen-bond acceptors (Lipinski definition) is 2. The summed E-state index contributed by atoms with van der Waals surface area (Å²) in [5.74, 6) is -3.29. The van der Waals surface area contributed by atoms with E-state index in [1.54, 1.807) is 25.1 Å². The Labute approximate surface area is 170 Å². The third kappa shape index (κ3) is 3.57. The summed E-state index contributed by atoms with van der Waals surface area (Å²) in [4.78, 5) is 4.44. The highest BCUT2D eigenvalue weighted by atomic mass is 19.1. The smallest absolute Gasteiger partial charge is 0.147 e. The van der Waals surface area contributed by atoms with Gasteiger partial charge in [0, 0.05) is 12.0 Å². The highest BCUT2D eigenvalue weighted by Gasteiger charge is 2.23. The maximum absolute atomic E-state index is 14.6. The van der Waals surface area contributed by atoms with Crippen LogP contribution < -0.4 is 0 Å². The monoisotopic (exact) mass is 414 g/mol. The predicted octanol–water partition coefficient (Wildman–Crippen LogP) is 5.23. The third-order valence-electron chi connectivity index (χ3n) is 4.94. The lowest BCUT2D eigenvalue weighted by atomic mass is 10.1. The number of aliphatic hydroxyl groups excluding tert-OH is 1. The van der Waals surface area contributed by atoms with Crippen molar-refractivity contribution in [2.75, 3.05) is 0 Å². The Kier molecular flexibility index (Phi) is 5.30. The Morgan fingerprint density at radius 2 is 1.43 bits per heavy atom. The molecule has 1 aromatic heterocycles. The topological polar surface area (TPSA) is 38.1 Å². The second-order valence-electron chi connectivity index (χ2n) is 7.16. The molecule has 1 atom stereocenters. The number of fused-ring (bicyclic) bond motifs is 1. The molecule has 0 bridgehead atoms. The summed E-state index contributed by atoms with van der Waals surface area (Å²) in [5.41, 5.74) is 0.902. The van der Waals surface area contributed by atoms with Crippen LogP contribution in [0.15, 0.2) is 54.6 Å². The van der Waals surface area contributed by atoms with Crippen molar-refractivity contribution >= 4 is 11.0 Å². The Bertz CT molecular complexity index is 1190. The molecule has 0 radical (unpaired) electrons. The summed E-state index contributed by atoms with van der Waals surface area (Å²) in [6.45, 7) is 1.30. The van der Waals surface area contributed by atoms with Crippen molar-refractivity contribution in [3.05, 3.63) is 89.0 Å². The Morgan fingerprint density at radius 1 is 0.867 bits per heavy atom. The number of aromatic nitrogens is 2. The summed E-state index contributed by atoms with van der Waals surface area (Å²) >= 11 is 0. The number of halogens is 4. The first-order valence-corrected chi connectivity index (χ1v) is 9.40. The van der Waals surface area contributed by atoms with Crippen molar-refractivity contribution in [1.82, 2.24) is 9.55 Å². The first-order chi connectivity index (χ1) is 14.4. The lowest BCUT2D eigenvalue weighted by Gasteiger charge is -2.12. The van der Waals surface area contributed by atoms with Crippen LogP contribution in [0.2, 0.25) is 0 Å². The first-order valence-electron chi connectivity index (χ1n) is 9.40. The molecule has 4 rings (SSSR count). The van der Waals surface area contributed by atoms with E-state index in [0.717, 1.165) is 24.3 Å². The van der Waals surface area contributed by atoms with Gasteiger partial charge in [0.1, 0.15) is 29.1 Å². The van der Waals surface area contributed by atoms with Crippen LogP contribution in [0, 0.1) is 23.3 Å². The fraction of sp³-hybridized carbons (Fsp3) is 0.174. The molecule has 1 unspecified atom stereocenters. The molecule has 3 aromatic carbocycles. The fourth-order valence-electron chi connectivity index (χ4n) is 3.59. The zero-order valence-electron chi connectivity index (χ0n) is 16.0. The van der Waals surface area contributed by atoms with Crippen LogP contribution in [0.25, 0.3) is 22.4 Å². The summed E-state index contributed by atoms with van der Waals surface area (Å²) in [6.07, 6.45) is -0.403. The van der Waals surface area contributed by atoms with E-state index in [1.165, 1.54) is 16.7 Å². The molecule has 0 aliphatic rings. The van der Waals surface area contributed by atoms with Gasteiger partial charge in [0.15, 0.2) is 0 Å². The lowest BCUT2D eigenvalue weighted by molar-refractivity contribution is 0.196. The maximum atomic E-state index is 14.6. The summed E-state index contributed by atoms with van der Waals surface area (Å²) in [5, 5.41) is 9.80. The van der Waals surface area contributed by atoms with E-state index >= 15 is 0 Å². The maximum Gasteiger partial charge on any atom is 0.147 e. The Balaban J connectivity index is 2.01. The third-order valence-corrected chi connectivity index (χ3v) is 4.94. The average molecular weight is 414 g/mol. The molecule has 0 saturated heterocycles. The van der Waals surface area contributed by atoms with E-state index in [9.17, 15) is 22.7 Å². The average Bonchev–Trinajstić information content (AvgIpc) is 3.03. The summed E-state index contributed by atoms with van der Waals surface area (Å²) in [7, 11) is 0. The lowest BCUT2D eigenvalue weighted by Crippen LogP contribution is -2.08. The normalized spacial score (nSPS) is 12.5. The van der Waals surface area contributed by atoms with E-state index in [4.69, 9.17) is 0 Å². The number of benzene rings is 3. The molecule has 0 aliphatic heterocycles. The minimum Gasteiger partial charge on any atom is -0.393 e. The number of rotatable bonds is 5.